The summed E-state index contributed by atoms with van der Waals surface area (Å²) in [6.07, 6.45) is 2.09. The zero-order chi connectivity index (χ0) is 14.4. The Balaban J connectivity index is 3.09. The second-order valence-electron chi connectivity index (χ2n) is 4.56. The molecule has 0 spiro atoms. The maximum Gasteiger partial charge on any atom is 0.311 e. The van der Waals surface area contributed by atoms with E-state index in [2.05, 4.69) is 18.8 Å². The number of nitro groups is 1. The lowest BCUT2D eigenvalue weighted by Crippen LogP contribution is -2.30. The molecule has 0 saturated carbocycles. The van der Waals surface area contributed by atoms with Crippen molar-refractivity contribution in [3.8, 4) is 0 Å². The van der Waals surface area contributed by atoms with Crippen LogP contribution >= 0.6 is 0 Å². The largest absolute Gasteiger partial charge is 0.384 e. The van der Waals surface area contributed by atoms with Crippen LogP contribution in [0.1, 0.15) is 33.6 Å². The topological polar surface area (TPSA) is 85.3 Å². The summed E-state index contributed by atoms with van der Waals surface area (Å²) in [7, 11) is 0. The summed E-state index contributed by atoms with van der Waals surface area (Å²) >= 11 is 0. The minimum atomic E-state index is -0.405. The van der Waals surface area contributed by atoms with E-state index in [-0.39, 0.29) is 5.69 Å². The first-order chi connectivity index (χ1) is 9.03. The molecule has 2 N–H and O–H groups in total. The van der Waals surface area contributed by atoms with Crippen molar-refractivity contribution in [1.82, 2.24) is 4.98 Å². The van der Waals surface area contributed by atoms with Crippen molar-refractivity contribution in [1.29, 1.82) is 0 Å². The van der Waals surface area contributed by atoms with Crippen LogP contribution in [-0.2, 0) is 0 Å². The van der Waals surface area contributed by atoms with E-state index in [1.54, 1.807) is 0 Å². The van der Waals surface area contributed by atoms with E-state index < -0.39 is 4.92 Å². The third kappa shape index (κ3) is 3.81. The molecule has 0 amide bonds. The maximum atomic E-state index is 11.1. The standard InChI is InChI=1S/C13H22N4O2/c1-4-10(5-2)9-16(6-3)13-11(17(18)19)7-8-12(14)15-13/h7-8,10H,4-6,9H2,1-3H3,(H2,14,15). The van der Waals surface area contributed by atoms with Crippen molar-refractivity contribution in [3.63, 3.8) is 0 Å². The van der Waals surface area contributed by atoms with Gasteiger partial charge >= 0.3 is 5.69 Å². The summed E-state index contributed by atoms with van der Waals surface area (Å²) in [6.45, 7) is 7.66. The fourth-order valence-electron chi connectivity index (χ4n) is 2.05. The molecule has 1 aromatic heterocycles. The van der Waals surface area contributed by atoms with Gasteiger partial charge in [0.1, 0.15) is 5.82 Å². The SMILES string of the molecule is CCC(CC)CN(CC)c1nc(N)ccc1[N+](=O)[O-]. The number of nitrogens with two attached hydrogens (primary N) is 1. The minimum absolute atomic E-state index is 0.0157. The van der Waals surface area contributed by atoms with Gasteiger partial charge in [-0.15, -0.1) is 0 Å². The monoisotopic (exact) mass is 266 g/mol. The molecule has 1 rings (SSSR count). The third-order valence-electron chi connectivity index (χ3n) is 3.39. The van der Waals surface area contributed by atoms with Crippen molar-refractivity contribution >= 4 is 17.3 Å². The molecule has 0 aliphatic carbocycles. The lowest BCUT2D eigenvalue weighted by Gasteiger charge is -2.26. The second-order valence-corrected chi connectivity index (χ2v) is 4.56. The molecular weight excluding hydrogens is 244 g/mol. The Labute approximate surface area is 113 Å². The van der Waals surface area contributed by atoms with Crippen LogP contribution < -0.4 is 10.6 Å². The fraction of sp³-hybridized carbons (Fsp3) is 0.615. The molecule has 6 heteroatoms. The molecule has 19 heavy (non-hydrogen) atoms. The molecule has 0 aromatic carbocycles. The van der Waals surface area contributed by atoms with Gasteiger partial charge in [0.25, 0.3) is 0 Å². The number of pyridine rings is 1. The number of hydrogen-bond donors (Lipinski definition) is 1. The van der Waals surface area contributed by atoms with Gasteiger partial charge in [-0.25, -0.2) is 4.98 Å². The van der Waals surface area contributed by atoms with Gasteiger partial charge in [-0.05, 0) is 18.9 Å². The van der Waals surface area contributed by atoms with Crippen molar-refractivity contribution in [2.75, 3.05) is 23.7 Å². The molecule has 0 radical (unpaired) electrons. The van der Waals surface area contributed by atoms with Crippen LogP contribution in [-0.4, -0.2) is 23.0 Å². The molecule has 0 saturated heterocycles. The van der Waals surface area contributed by atoms with E-state index in [0.29, 0.717) is 24.1 Å². The van der Waals surface area contributed by atoms with Gasteiger partial charge < -0.3 is 10.6 Å². The van der Waals surface area contributed by atoms with Gasteiger partial charge in [-0.3, -0.25) is 10.1 Å². The predicted molar refractivity (Wildman–Crippen MR) is 77.3 cm³/mol. The van der Waals surface area contributed by atoms with E-state index in [1.807, 2.05) is 11.8 Å². The number of hydrogen-bond acceptors (Lipinski definition) is 5. The van der Waals surface area contributed by atoms with Gasteiger partial charge in [-0.2, -0.15) is 0 Å². The van der Waals surface area contributed by atoms with E-state index in [1.165, 1.54) is 12.1 Å². The number of nitrogen functional groups attached to an aromatic ring is 1. The summed E-state index contributed by atoms with van der Waals surface area (Å²) in [5, 5.41) is 11.1. The molecule has 1 heterocycles. The van der Waals surface area contributed by atoms with E-state index in [4.69, 9.17) is 5.73 Å². The summed E-state index contributed by atoms with van der Waals surface area (Å²) in [4.78, 5) is 16.8. The van der Waals surface area contributed by atoms with Crippen molar-refractivity contribution in [2.45, 2.75) is 33.6 Å². The maximum absolute atomic E-state index is 11.1. The van der Waals surface area contributed by atoms with Crippen LogP contribution in [0.3, 0.4) is 0 Å². The van der Waals surface area contributed by atoms with Crippen LogP contribution in [0.25, 0.3) is 0 Å². The minimum Gasteiger partial charge on any atom is -0.384 e. The quantitative estimate of drug-likeness (QED) is 0.606. The van der Waals surface area contributed by atoms with Crippen LogP contribution in [0.5, 0.6) is 0 Å². The summed E-state index contributed by atoms with van der Waals surface area (Å²) < 4.78 is 0. The van der Waals surface area contributed by atoms with E-state index in [9.17, 15) is 10.1 Å². The number of nitrogens with zero attached hydrogens (tertiary/aromatic N) is 3. The number of rotatable bonds is 7. The molecule has 6 nitrogen and oxygen atoms in total. The Kier molecular flexibility index (Phi) is 5.54. The zero-order valence-electron chi connectivity index (χ0n) is 11.8. The molecule has 1 aromatic rings. The summed E-state index contributed by atoms with van der Waals surface area (Å²) in [5.74, 6) is 1.19. The Morgan fingerprint density at radius 1 is 1.37 bits per heavy atom. The molecule has 0 aliphatic heterocycles. The third-order valence-corrected chi connectivity index (χ3v) is 3.39. The Morgan fingerprint density at radius 2 is 2.00 bits per heavy atom. The Bertz CT molecular complexity index is 433. The lowest BCUT2D eigenvalue weighted by atomic mass is 10.0. The first kappa shape index (κ1) is 15.2. The van der Waals surface area contributed by atoms with Crippen LogP contribution in [0.15, 0.2) is 12.1 Å². The van der Waals surface area contributed by atoms with E-state index in [0.717, 1.165) is 19.4 Å². The molecule has 0 aliphatic rings. The summed E-state index contributed by atoms with van der Waals surface area (Å²) in [5.41, 5.74) is 5.67. The molecule has 0 fully saturated rings. The highest BCUT2D eigenvalue weighted by molar-refractivity contribution is 5.60. The molecule has 0 bridgehead atoms. The lowest BCUT2D eigenvalue weighted by molar-refractivity contribution is -0.384. The van der Waals surface area contributed by atoms with Crippen molar-refractivity contribution in [2.24, 2.45) is 5.92 Å². The predicted octanol–water partition coefficient (Wildman–Crippen LogP) is 2.83. The van der Waals surface area contributed by atoms with Gasteiger partial charge in [0.15, 0.2) is 0 Å². The van der Waals surface area contributed by atoms with Crippen LogP contribution in [0.2, 0.25) is 0 Å². The zero-order valence-corrected chi connectivity index (χ0v) is 11.8. The van der Waals surface area contributed by atoms with Gasteiger partial charge in [0.2, 0.25) is 5.82 Å². The van der Waals surface area contributed by atoms with Crippen LogP contribution in [0.4, 0.5) is 17.3 Å². The van der Waals surface area contributed by atoms with Gasteiger partial charge in [0, 0.05) is 19.2 Å². The highest BCUT2D eigenvalue weighted by Crippen LogP contribution is 2.28. The normalized spacial score (nSPS) is 10.7. The molecule has 0 unspecified atom stereocenters. The van der Waals surface area contributed by atoms with Gasteiger partial charge in [0.05, 0.1) is 4.92 Å². The smallest absolute Gasteiger partial charge is 0.311 e. The first-order valence-electron chi connectivity index (χ1n) is 6.69. The second kappa shape index (κ2) is 6.92. The van der Waals surface area contributed by atoms with E-state index >= 15 is 0 Å². The highest BCUT2D eigenvalue weighted by Gasteiger charge is 2.22. The Morgan fingerprint density at radius 3 is 2.47 bits per heavy atom. The Hall–Kier alpha value is -1.85. The average molecular weight is 266 g/mol. The molecule has 106 valence electrons. The molecule has 0 atom stereocenters. The van der Waals surface area contributed by atoms with Gasteiger partial charge in [-0.1, -0.05) is 26.7 Å². The number of aromatic nitrogens is 1. The molecular formula is C13H22N4O2. The van der Waals surface area contributed by atoms with Crippen molar-refractivity contribution < 1.29 is 4.92 Å². The highest BCUT2D eigenvalue weighted by atomic mass is 16.6. The summed E-state index contributed by atoms with van der Waals surface area (Å²) in [6, 6.07) is 2.89. The first-order valence-corrected chi connectivity index (χ1v) is 6.69. The number of anilines is 2. The van der Waals surface area contributed by atoms with Crippen molar-refractivity contribution in [3.05, 3.63) is 22.2 Å². The fourth-order valence-corrected chi connectivity index (χ4v) is 2.05. The average Bonchev–Trinajstić information content (AvgIpc) is 2.40. The van der Waals surface area contributed by atoms with Crippen LogP contribution in [0, 0.1) is 16.0 Å².